The smallest absolute Gasteiger partial charge is 0.257 e. The Balaban J connectivity index is 1.88. The van der Waals surface area contributed by atoms with Gasteiger partial charge in [-0.05, 0) is 42.8 Å². The minimum absolute atomic E-state index is 0.0271. The molecule has 1 amide bonds. The molecule has 1 heterocycles. The Morgan fingerprint density at radius 2 is 1.89 bits per heavy atom. The molecule has 0 saturated carbocycles. The van der Waals surface area contributed by atoms with Crippen molar-refractivity contribution in [2.24, 2.45) is 0 Å². The minimum Gasteiger partial charge on any atom is -0.379 e. The fourth-order valence-corrected chi connectivity index (χ4v) is 4.67. The molecule has 1 N–H and O–H groups in total. The van der Waals surface area contributed by atoms with Crippen LogP contribution in [0.2, 0.25) is 5.02 Å². The van der Waals surface area contributed by atoms with Crippen LogP contribution < -0.4 is 5.32 Å². The summed E-state index contributed by atoms with van der Waals surface area (Å²) >= 11 is 5.91. The number of halogens is 2. The summed E-state index contributed by atoms with van der Waals surface area (Å²) < 4.78 is 45.5. The lowest BCUT2D eigenvalue weighted by molar-refractivity contribution is 0.0730. The average molecular weight is 413 g/mol. The van der Waals surface area contributed by atoms with Crippen LogP contribution in [0.25, 0.3) is 0 Å². The molecule has 1 aliphatic heterocycles. The van der Waals surface area contributed by atoms with Crippen LogP contribution in [0.4, 0.5) is 10.1 Å². The van der Waals surface area contributed by atoms with Crippen molar-refractivity contribution in [3.8, 4) is 0 Å². The van der Waals surface area contributed by atoms with Crippen molar-refractivity contribution in [3.05, 3.63) is 58.4 Å². The second kappa shape index (κ2) is 7.93. The first-order chi connectivity index (χ1) is 12.8. The summed E-state index contributed by atoms with van der Waals surface area (Å²) in [7, 11) is -3.70. The highest BCUT2D eigenvalue weighted by atomic mass is 35.5. The standard InChI is InChI=1S/C18H18ClFN2O4S/c1-12-2-4-14(21-18(23)15-5-3-13(20)10-16(15)19)11-17(12)27(24,25)22-6-8-26-9-7-22/h2-5,10-11H,6-9H2,1H3,(H,21,23). The van der Waals surface area contributed by atoms with Crippen molar-refractivity contribution in [1.29, 1.82) is 0 Å². The van der Waals surface area contributed by atoms with Crippen molar-refractivity contribution in [2.45, 2.75) is 11.8 Å². The molecule has 0 bridgehead atoms. The van der Waals surface area contributed by atoms with Gasteiger partial charge in [0.15, 0.2) is 0 Å². The molecule has 1 fully saturated rings. The summed E-state index contributed by atoms with van der Waals surface area (Å²) in [5, 5.41) is 2.58. The number of carbonyl (C=O) groups excluding carboxylic acids is 1. The molecule has 144 valence electrons. The van der Waals surface area contributed by atoms with Crippen molar-refractivity contribution in [3.63, 3.8) is 0 Å². The van der Waals surface area contributed by atoms with Crippen LogP contribution >= 0.6 is 11.6 Å². The van der Waals surface area contributed by atoms with Gasteiger partial charge in [0.05, 0.1) is 28.7 Å². The molecule has 27 heavy (non-hydrogen) atoms. The van der Waals surface area contributed by atoms with E-state index in [0.717, 1.165) is 12.1 Å². The van der Waals surface area contributed by atoms with Gasteiger partial charge in [-0.15, -0.1) is 0 Å². The van der Waals surface area contributed by atoms with Gasteiger partial charge < -0.3 is 10.1 Å². The molecule has 0 radical (unpaired) electrons. The van der Waals surface area contributed by atoms with E-state index in [1.165, 1.54) is 16.4 Å². The van der Waals surface area contributed by atoms with Gasteiger partial charge in [-0.25, -0.2) is 12.8 Å². The van der Waals surface area contributed by atoms with Crippen molar-refractivity contribution in [2.75, 3.05) is 31.6 Å². The third-order valence-electron chi connectivity index (χ3n) is 4.21. The fourth-order valence-electron chi connectivity index (χ4n) is 2.75. The van der Waals surface area contributed by atoms with Crippen LogP contribution in [0.5, 0.6) is 0 Å². The number of hydrogen-bond donors (Lipinski definition) is 1. The van der Waals surface area contributed by atoms with Crippen molar-refractivity contribution < 1.29 is 22.3 Å². The van der Waals surface area contributed by atoms with E-state index < -0.39 is 21.7 Å². The molecule has 2 aromatic rings. The number of amides is 1. The number of anilines is 1. The molecule has 6 nitrogen and oxygen atoms in total. The van der Waals surface area contributed by atoms with Gasteiger partial charge in [-0.1, -0.05) is 17.7 Å². The van der Waals surface area contributed by atoms with Gasteiger partial charge in [0.25, 0.3) is 5.91 Å². The number of nitrogens with zero attached hydrogens (tertiary/aromatic N) is 1. The number of rotatable bonds is 4. The third-order valence-corrected chi connectivity index (χ3v) is 6.56. The normalized spacial score (nSPS) is 15.5. The average Bonchev–Trinajstić information content (AvgIpc) is 2.63. The Kier molecular flexibility index (Phi) is 5.81. The summed E-state index contributed by atoms with van der Waals surface area (Å²) in [6.45, 7) is 2.94. The van der Waals surface area contributed by atoms with Gasteiger partial charge in [-0.3, -0.25) is 4.79 Å². The molecule has 2 aromatic carbocycles. The molecule has 0 spiro atoms. The number of ether oxygens (including phenoxy) is 1. The van der Waals surface area contributed by atoms with Crippen LogP contribution in [0.1, 0.15) is 15.9 Å². The maximum Gasteiger partial charge on any atom is 0.257 e. The molecule has 0 aromatic heterocycles. The highest BCUT2D eigenvalue weighted by Gasteiger charge is 2.28. The van der Waals surface area contributed by atoms with E-state index in [4.69, 9.17) is 16.3 Å². The zero-order valence-electron chi connectivity index (χ0n) is 14.5. The molecule has 0 aliphatic carbocycles. The van der Waals surface area contributed by atoms with Crippen LogP contribution in [0, 0.1) is 12.7 Å². The van der Waals surface area contributed by atoms with E-state index in [-0.39, 0.29) is 28.6 Å². The molecule has 1 saturated heterocycles. The second-order valence-electron chi connectivity index (χ2n) is 6.08. The summed E-state index contributed by atoms with van der Waals surface area (Å²) in [6, 6.07) is 8.07. The highest BCUT2D eigenvalue weighted by Crippen LogP contribution is 2.25. The van der Waals surface area contributed by atoms with Gasteiger partial charge in [0.2, 0.25) is 10.0 Å². The van der Waals surface area contributed by atoms with Crippen LogP contribution in [0.15, 0.2) is 41.3 Å². The van der Waals surface area contributed by atoms with Gasteiger partial charge in [0, 0.05) is 18.8 Å². The summed E-state index contributed by atoms with van der Waals surface area (Å²) in [5.74, 6) is -1.11. The Hall–Kier alpha value is -2.00. The Bertz CT molecular complexity index is 975. The third kappa shape index (κ3) is 4.30. The molecule has 0 unspecified atom stereocenters. The lowest BCUT2D eigenvalue weighted by Crippen LogP contribution is -2.40. The Morgan fingerprint density at radius 1 is 1.19 bits per heavy atom. The number of hydrogen-bond acceptors (Lipinski definition) is 4. The quantitative estimate of drug-likeness (QED) is 0.837. The predicted octanol–water partition coefficient (Wildman–Crippen LogP) is 3.06. The summed E-state index contributed by atoms with van der Waals surface area (Å²) in [4.78, 5) is 12.5. The van der Waals surface area contributed by atoms with E-state index in [1.807, 2.05) is 0 Å². The van der Waals surface area contributed by atoms with Crippen molar-refractivity contribution in [1.82, 2.24) is 4.31 Å². The van der Waals surface area contributed by atoms with Crippen LogP contribution in [0.3, 0.4) is 0 Å². The number of aryl methyl sites for hydroxylation is 1. The maximum atomic E-state index is 13.1. The first kappa shape index (κ1) is 19.8. The second-order valence-corrected chi connectivity index (χ2v) is 8.39. The maximum absolute atomic E-state index is 13.1. The molecule has 1 aliphatic rings. The zero-order chi connectivity index (χ0) is 19.6. The summed E-state index contributed by atoms with van der Waals surface area (Å²) in [5.41, 5.74) is 0.966. The van der Waals surface area contributed by atoms with Crippen LogP contribution in [-0.2, 0) is 14.8 Å². The van der Waals surface area contributed by atoms with E-state index >= 15 is 0 Å². The first-order valence-corrected chi connectivity index (χ1v) is 10.1. The largest absolute Gasteiger partial charge is 0.379 e. The fraction of sp³-hybridized carbons (Fsp3) is 0.278. The SMILES string of the molecule is Cc1ccc(NC(=O)c2ccc(F)cc2Cl)cc1S(=O)(=O)N1CCOCC1. The zero-order valence-corrected chi connectivity index (χ0v) is 16.1. The minimum atomic E-state index is -3.70. The van der Waals surface area contributed by atoms with Crippen LogP contribution in [-0.4, -0.2) is 44.9 Å². The van der Waals surface area contributed by atoms with E-state index in [2.05, 4.69) is 5.32 Å². The highest BCUT2D eigenvalue weighted by molar-refractivity contribution is 7.89. The van der Waals surface area contributed by atoms with E-state index in [9.17, 15) is 17.6 Å². The molecular formula is C18H18ClFN2O4S. The van der Waals surface area contributed by atoms with E-state index in [0.29, 0.717) is 24.5 Å². The van der Waals surface area contributed by atoms with E-state index in [1.54, 1.807) is 19.1 Å². The van der Waals surface area contributed by atoms with Gasteiger partial charge in [-0.2, -0.15) is 4.31 Å². The van der Waals surface area contributed by atoms with Gasteiger partial charge in [0.1, 0.15) is 5.82 Å². The molecule has 3 rings (SSSR count). The molecular weight excluding hydrogens is 395 g/mol. The Morgan fingerprint density at radius 3 is 2.56 bits per heavy atom. The lowest BCUT2D eigenvalue weighted by atomic mass is 10.2. The first-order valence-electron chi connectivity index (χ1n) is 8.24. The number of benzene rings is 2. The summed E-state index contributed by atoms with van der Waals surface area (Å²) in [6.07, 6.45) is 0. The number of morpholine rings is 1. The van der Waals surface area contributed by atoms with Gasteiger partial charge >= 0.3 is 0 Å². The lowest BCUT2D eigenvalue weighted by Gasteiger charge is -2.26. The number of carbonyl (C=O) groups is 1. The molecule has 9 heteroatoms. The number of sulfonamides is 1. The predicted molar refractivity (Wildman–Crippen MR) is 100 cm³/mol. The van der Waals surface area contributed by atoms with Crippen molar-refractivity contribution >= 4 is 33.2 Å². The number of nitrogens with one attached hydrogen (secondary N) is 1. The molecule has 0 atom stereocenters. The Labute approximate surface area is 161 Å². The topological polar surface area (TPSA) is 75.7 Å². The monoisotopic (exact) mass is 412 g/mol.